The van der Waals surface area contributed by atoms with Gasteiger partial charge in [0.2, 0.25) is 11.9 Å². The standard InChI is InChI=1S/C27H30N6O2/c1-19(2)26(34)31-24-7-6-21(17-22(24)18-28)25-8-10-29-27(32-25)30-23-5-3-4-20(16-23)9-11-33-12-14-35-15-13-33/h3-8,10,16-17,19H,9,11-15H2,1-2H3,(H,31,34)(H,29,30,32). The smallest absolute Gasteiger partial charge is 0.227 e. The van der Waals surface area contributed by atoms with Crippen molar-refractivity contribution in [2.24, 2.45) is 5.92 Å². The average Bonchev–Trinajstić information content (AvgIpc) is 2.88. The summed E-state index contributed by atoms with van der Waals surface area (Å²) >= 11 is 0. The minimum atomic E-state index is -0.172. The van der Waals surface area contributed by atoms with Gasteiger partial charge in [0.15, 0.2) is 0 Å². The SMILES string of the molecule is CC(C)C(=O)Nc1ccc(-c2ccnc(Nc3cccc(CCN4CCOCC4)c3)n2)cc1C#N. The first-order chi connectivity index (χ1) is 17.0. The lowest BCUT2D eigenvalue weighted by Gasteiger charge is -2.26. The largest absolute Gasteiger partial charge is 0.379 e. The van der Waals surface area contributed by atoms with E-state index in [0.717, 1.165) is 50.5 Å². The van der Waals surface area contributed by atoms with Gasteiger partial charge in [-0.3, -0.25) is 9.69 Å². The first-order valence-corrected chi connectivity index (χ1v) is 11.9. The summed E-state index contributed by atoms with van der Waals surface area (Å²) in [5.41, 5.74) is 4.51. The fourth-order valence-electron chi connectivity index (χ4n) is 3.81. The van der Waals surface area contributed by atoms with Gasteiger partial charge in [0, 0.05) is 43.0 Å². The van der Waals surface area contributed by atoms with Crippen molar-refractivity contribution in [2.45, 2.75) is 20.3 Å². The number of anilines is 3. The Labute approximate surface area is 206 Å². The Bertz CT molecular complexity index is 1210. The fraction of sp³-hybridized carbons (Fsp3) is 0.333. The van der Waals surface area contributed by atoms with Gasteiger partial charge >= 0.3 is 0 Å². The van der Waals surface area contributed by atoms with Crippen molar-refractivity contribution in [1.82, 2.24) is 14.9 Å². The quantitative estimate of drug-likeness (QED) is 0.508. The highest BCUT2D eigenvalue weighted by atomic mass is 16.5. The lowest BCUT2D eigenvalue weighted by atomic mass is 10.1. The highest BCUT2D eigenvalue weighted by molar-refractivity contribution is 5.93. The molecule has 4 rings (SSSR count). The normalized spacial score (nSPS) is 13.9. The molecule has 0 bridgehead atoms. The number of hydrogen-bond donors (Lipinski definition) is 2. The number of morpholine rings is 1. The lowest BCUT2D eigenvalue weighted by molar-refractivity contribution is -0.118. The monoisotopic (exact) mass is 470 g/mol. The van der Waals surface area contributed by atoms with Gasteiger partial charge in [-0.1, -0.05) is 32.0 Å². The molecule has 0 aliphatic carbocycles. The van der Waals surface area contributed by atoms with Gasteiger partial charge in [-0.2, -0.15) is 5.26 Å². The van der Waals surface area contributed by atoms with Crippen LogP contribution >= 0.6 is 0 Å². The molecule has 1 aliphatic rings. The molecule has 0 saturated carbocycles. The van der Waals surface area contributed by atoms with Gasteiger partial charge < -0.3 is 15.4 Å². The Hall–Kier alpha value is -3.80. The van der Waals surface area contributed by atoms with Gasteiger partial charge in [0.25, 0.3) is 0 Å². The number of nitrogens with zero attached hydrogens (tertiary/aromatic N) is 4. The van der Waals surface area contributed by atoms with Crippen LogP contribution in [0.1, 0.15) is 25.0 Å². The Kier molecular flexibility index (Phi) is 8.03. The summed E-state index contributed by atoms with van der Waals surface area (Å²) in [7, 11) is 0. The van der Waals surface area contributed by atoms with E-state index in [1.54, 1.807) is 24.4 Å². The summed E-state index contributed by atoms with van der Waals surface area (Å²) in [6, 6.07) is 17.5. The van der Waals surface area contributed by atoms with E-state index in [9.17, 15) is 10.1 Å². The van der Waals surface area contributed by atoms with E-state index in [2.05, 4.69) is 43.7 Å². The number of nitriles is 1. The molecule has 0 unspecified atom stereocenters. The van der Waals surface area contributed by atoms with E-state index < -0.39 is 0 Å². The van der Waals surface area contributed by atoms with Crippen LogP contribution in [0.3, 0.4) is 0 Å². The molecule has 180 valence electrons. The van der Waals surface area contributed by atoms with Crippen molar-refractivity contribution >= 4 is 23.2 Å². The number of benzene rings is 2. The molecule has 1 saturated heterocycles. The third-order valence-electron chi connectivity index (χ3n) is 5.88. The van der Waals surface area contributed by atoms with Crippen molar-refractivity contribution in [3.05, 3.63) is 65.9 Å². The summed E-state index contributed by atoms with van der Waals surface area (Å²) in [6.45, 7) is 8.21. The molecule has 2 heterocycles. The third kappa shape index (κ3) is 6.63. The molecule has 1 aromatic heterocycles. The highest BCUT2D eigenvalue weighted by Crippen LogP contribution is 2.25. The summed E-state index contributed by atoms with van der Waals surface area (Å²) in [5.74, 6) is 0.174. The molecule has 0 atom stereocenters. The van der Waals surface area contributed by atoms with Crippen molar-refractivity contribution in [3.63, 3.8) is 0 Å². The maximum Gasteiger partial charge on any atom is 0.227 e. The van der Waals surface area contributed by atoms with Crippen LogP contribution in [-0.2, 0) is 16.0 Å². The van der Waals surface area contributed by atoms with Crippen LogP contribution in [0.25, 0.3) is 11.3 Å². The molecule has 8 heteroatoms. The zero-order valence-corrected chi connectivity index (χ0v) is 20.1. The van der Waals surface area contributed by atoms with E-state index in [1.807, 2.05) is 32.0 Å². The molecule has 0 spiro atoms. The van der Waals surface area contributed by atoms with Gasteiger partial charge in [-0.05, 0) is 42.3 Å². The second kappa shape index (κ2) is 11.6. The second-order valence-corrected chi connectivity index (χ2v) is 8.81. The summed E-state index contributed by atoms with van der Waals surface area (Å²) in [5, 5.41) is 15.7. The summed E-state index contributed by atoms with van der Waals surface area (Å²) in [4.78, 5) is 23.5. The maximum atomic E-state index is 12.0. The number of ether oxygens (including phenoxy) is 1. The number of hydrogen-bond acceptors (Lipinski definition) is 7. The minimum Gasteiger partial charge on any atom is -0.379 e. The zero-order valence-electron chi connectivity index (χ0n) is 20.1. The third-order valence-corrected chi connectivity index (χ3v) is 5.88. The molecule has 0 radical (unpaired) electrons. The molecule has 35 heavy (non-hydrogen) atoms. The van der Waals surface area contributed by atoms with Crippen LogP contribution in [0.15, 0.2) is 54.7 Å². The molecular formula is C27H30N6O2. The van der Waals surface area contributed by atoms with Crippen molar-refractivity contribution < 1.29 is 9.53 Å². The van der Waals surface area contributed by atoms with E-state index >= 15 is 0 Å². The highest BCUT2D eigenvalue weighted by Gasteiger charge is 2.13. The number of nitrogens with one attached hydrogen (secondary N) is 2. The number of rotatable bonds is 8. The molecule has 8 nitrogen and oxygen atoms in total. The van der Waals surface area contributed by atoms with Gasteiger partial charge in [0.1, 0.15) is 6.07 Å². The maximum absolute atomic E-state index is 12.0. The topological polar surface area (TPSA) is 103 Å². The van der Waals surface area contributed by atoms with Crippen LogP contribution in [0.4, 0.5) is 17.3 Å². The van der Waals surface area contributed by atoms with Gasteiger partial charge in [-0.25, -0.2) is 9.97 Å². The zero-order chi connectivity index (χ0) is 24.6. The van der Waals surface area contributed by atoms with Crippen LogP contribution in [0.2, 0.25) is 0 Å². The van der Waals surface area contributed by atoms with Crippen molar-refractivity contribution in [2.75, 3.05) is 43.5 Å². The first-order valence-electron chi connectivity index (χ1n) is 11.9. The molecule has 1 amide bonds. The molecule has 2 N–H and O–H groups in total. The van der Waals surface area contributed by atoms with Gasteiger partial charge in [0.05, 0.1) is 30.2 Å². The van der Waals surface area contributed by atoms with Crippen molar-refractivity contribution in [3.8, 4) is 17.3 Å². The van der Waals surface area contributed by atoms with E-state index in [4.69, 9.17) is 4.74 Å². The number of carbonyl (C=O) groups is 1. The van der Waals surface area contributed by atoms with Crippen molar-refractivity contribution in [1.29, 1.82) is 5.26 Å². The number of aromatic nitrogens is 2. The van der Waals surface area contributed by atoms with Crippen LogP contribution in [0.5, 0.6) is 0 Å². The molecular weight excluding hydrogens is 440 g/mol. The Balaban J connectivity index is 1.46. The predicted octanol–water partition coefficient (Wildman–Crippen LogP) is 4.23. The van der Waals surface area contributed by atoms with E-state index in [0.29, 0.717) is 22.9 Å². The van der Waals surface area contributed by atoms with Crippen LogP contribution < -0.4 is 10.6 Å². The molecule has 2 aromatic carbocycles. The Morgan fingerprint density at radius 3 is 2.77 bits per heavy atom. The molecule has 3 aromatic rings. The van der Waals surface area contributed by atoms with E-state index in [-0.39, 0.29) is 11.8 Å². The van der Waals surface area contributed by atoms with Crippen LogP contribution in [-0.4, -0.2) is 53.6 Å². The first kappa shape index (κ1) is 24.3. The number of amides is 1. The van der Waals surface area contributed by atoms with Crippen LogP contribution in [0, 0.1) is 17.2 Å². The lowest BCUT2D eigenvalue weighted by Crippen LogP contribution is -2.37. The Morgan fingerprint density at radius 1 is 1.17 bits per heavy atom. The molecule has 1 fully saturated rings. The fourth-order valence-corrected chi connectivity index (χ4v) is 3.81. The minimum absolute atomic E-state index is 0.130. The summed E-state index contributed by atoms with van der Waals surface area (Å²) in [6.07, 6.45) is 2.65. The number of carbonyl (C=O) groups excluding carboxylic acids is 1. The van der Waals surface area contributed by atoms with Gasteiger partial charge in [-0.15, -0.1) is 0 Å². The second-order valence-electron chi connectivity index (χ2n) is 8.81. The van der Waals surface area contributed by atoms with E-state index in [1.165, 1.54) is 5.56 Å². The average molecular weight is 471 g/mol. The summed E-state index contributed by atoms with van der Waals surface area (Å²) < 4.78 is 5.42. The predicted molar refractivity (Wildman–Crippen MR) is 136 cm³/mol. The molecule has 1 aliphatic heterocycles. The Morgan fingerprint density at radius 2 is 2.00 bits per heavy atom.